The number of likely N-dealkylation sites (N-methyl/N-ethyl adjacent to an activating group) is 4. The van der Waals surface area contributed by atoms with Crippen LogP contribution in [0.3, 0.4) is 0 Å². The second-order valence-corrected chi connectivity index (χ2v) is 7.02. The van der Waals surface area contributed by atoms with Crippen LogP contribution in [0.4, 0.5) is 0 Å². The molecular formula is C17H31N4O4SY-. The molecule has 0 aliphatic carbocycles. The van der Waals surface area contributed by atoms with Crippen molar-refractivity contribution in [3.05, 3.63) is 0 Å². The van der Waals surface area contributed by atoms with Gasteiger partial charge in [-0.3, -0.25) is 19.3 Å². The second-order valence-electron chi connectivity index (χ2n) is 6.66. The van der Waals surface area contributed by atoms with Gasteiger partial charge in [0.15, 0.2) is 0 Å². The van der Waals surface area contributed by atoms with Gasteiger partial charge >= 0.3 is 0 Å². The van der Waals surface area contributed by atoms with Crippen LogP contribution in [0.5, 0.6) is 0 Å². The number of carbonyl (C=O) groups is 3. The predicted octanol–water partition coefficient (Wildman–Crippen LogP) is -0.506. The van der Waals surface area contributed by atoms with Crippen molar-refractivity contribution in [3.63, 3.8) is 0 Å². The standard InChI is InChI=1S/C17H31N4O4S.Y/c1-11(9-22)19(6)16(24)13(3)20(7)17(25)14(10-26)21(8)15(23)12(2)18(4)5;/h11-14,26H,10H2,1-8H3;/q-1;. The van der Waals surface area contributed by atoms with Gasteiger partial charge in [0.25, 0.3) is 0 Å². The molecule has 0 aromatic heterocycles. The van der Waals surface area contributed by atoms with E-state index in [0.29, 0.717) is 0 Å². The van der Waals surface area contributed by atoms with Crippen LogP contribution < -0.4 is 0 Å². The van der Waals surface area contributed by atoms with Crippen molar-refractivity contribution in [2.45, 2.75) is 44.9 Å². The molecule has 1 radical (unpaired) electrons. The fourth-order valence-electron chi connectivity index (χ4n) is 2.19. The van der Waals surface area contributed by atoms with Gasteiger partial charge < -0.3 is 19.5 Å². The molecule has 0 aromatic rings. The van der Waals surface area contributed by atoms with E-state index in [2.05, 4.69) is 12.6 Å². The molecule has 0 saturated heterocycles. The number of hydrogen-bond acceptors (Lipinski definition) is 6. The van der Waals surface area contributed by atoms with Crippen LogP contribution in [0, 0.1) is 0 Å². The number of carbonyl (C=O) groups excluding carboxylic acids is 4. The molecule has 0 bridgehead atoms. The van der Waals surface area contributed by atoms with E-state index in [-0.39, 0.29) is 50.3 Å². The van der Waals surface area contributed by atoms with E-state index in [4.69, 9.17) is 0 Å². The molecule has 0 N–H and O–H groups in total. The van der Waals surface area contributed by atoms with Crippen LogP contribution in [-0.4, -0.2) is 109 Å². The van der Waals surface area contributed by atoms with Crippen LogP contribution in [-0.2, 0) is 51.9 Å². The number of thiol groups is 1. The molecule has 0 heterocycles. The molecule has 0 spiro atoms. The average molecular weight is 476 g/mol. The SMILES string of the molecule is CC(C(=O)N(C)C(CS)C(=O)N(C)C(C)C(=O)N(C)C(C)[C-]=O)N(C)C.[Y]. The molecule has 0 aromatic carbocycles. The van der Waals surface area contributed by atoms with Gasteiger partial charge in [0.2, 0.25) is 17.7 Å². The van der Waals surface area contributed by atoms with Gasteiger partial charge in [-0.2, -0.15) is 12.6 Å². The molecule has 0 rings (SSSR count). The first-order valence-electron chi connectivity index (χ1n) is 8.37. The Labute approximate surface area is 193 Å². The fraction of sp³-hybridized carbons (Fsp3) is 0.765. The van der Waals surface area contributed by atoms with Gasteiger partial charge in [0, 0.05) is 59.6 Å². The molecule has 3 amide bonds. The summed E-state index contributed by atoms with van der Waals surface area (Å²) in [7, 11) is 8.09. The maximum atomic E-state index is 12.8. The first kappa shape index (κ1) is 28.7. The average Bonchev–Trinajstić information content (AvgIpc) is 2.63. The molecule has 27 heavy (non-hydrogen) atoms. The largest absolute Gasteiger partial charge is 0.540 e. The minimum atomic E-state index is -0.797. The first-order valence-corrected chi connectivity index (χ1v) is 9.00. The summed E-state index contributed by atoms with van der Waals surface area (Å²) in [4.78, 5) is 54.2. The number of nitrogens with zero attached hydrogens (tertiary/aromatic N) is 4. The van der Waals surface area contributed by atoms with Gasteiger partial charge in [-0.05, 0) is 27.9 Å². The summed E-state index contributed by atoms with van der Waals surface area (Å²) in [5, 5.41) is 0. The van der Waals surface area contributed by atoms with Crippen LogP contribution >= 0.6 is 12.6 Å². The zero-order valence-electron chi connectivity index (χ0n) is 17.5. The van der Waals surface area contributed by atoms with E-state index < -0.39 is 30.1 Å². The normalized spacial score (nSPS) is 15.0. The maximum absolute atomic E-state index is 12.8. The van der Waals surface area contributed by atoms with E-state index >= 15 is 0 Å². The summed E-state index contributed by atoms with van der Waals surface area (Å²) < 4.78 is 0. The summed E-state index contributed by atoms with van der Waals surface area (Å²) in [6.45, 7) is 4.88. The van der Waals surface area contributed by atoms with Gasteiger partial charge in [-0.25, -0.2) is 6.29 Å². The third-order valence-electron chi connectivity index (χ3n) is 4.79. The van der Waals surface area contributed by atoms with Crippen molar-refractivity contribution < 1.29 is 51.9 Å². The Morgan fingerprint density at radius 1 is 0.815 bits per heavy atom. The minimum Gasteiger partial charge on any atom is -0.540 e. The van der Waals surface area contributed by atoms with Crippen molar-refractivity contribution in [3.8, 4) is 0 Å². The monoisotopic (exact) mass is 476 g/mol. The molecule has 0 saturated carbocycles. The van der Waals surface area contributed by atoms with E-state index in [1.54, 1.807) is 53.1 Å². The molecule has 8 nitrogen and oxygen atoms in total. The van der Waals surface area contributed by atoms with Crippen molar-refractivity contribution in [1.29, 1.82) is 0 Å². The van der Waals surface area contributed by atoms with Crippen LogP contribution in [0.25, 0.3) is 0 Å². The molecule has 0 aliphatic heterocycles. The van der Waals surface area contributed by atoms with Gasteiger partial charge in [-0.1, -0.05) is 13.0 Å². The van der Waals surface area contributed by atoms with Gasteiger partial charge in [-0.15, -0.1) is 0 Å². The summed E-state index contributed by atoms with van der Waals surface area (Å²) in [6, 6.07) is -2.69. The van der Waals surface area contributed by atoms with E-state index in [1.165, 1.54) is 28.8 Å². The summed E-state index contributed by atoms with van der Waals surface area (Å²) in [6.07, 6.45) is 1.74. The van der Waals surface area contributed by atoms with Crippen LogP contribution in [0.1, 0.15) is 20.8 Å². The number of amides is 3. The Morgan fingerprint density at radius 2 is 1.26 bits per heavy atom. The number of hydrogen-bond donors (Lipinski definition) is 1. The van der Waals surface area contributed by atoms with Crippen molar-refractivity contribution >= 4 is 36.6 Å². The fourth-order valence-corrected chi connectivity index (χ4v) is 2.59. The minimum absolute atomic E-state index is 0. The van der Waals surface area contributed by atoms with Crippen molar-refractivity contribution in [2.24, 2.45) is 0 Å². The molecule has 4 atom stereocenters. The predicted molar refractivity (Wildman–Crippen MR) is 104 cm³/mol. The van der Waals surface area contributed by atoms with Gasteiger partial charge in [0.1, 0.15) is 12.1 Å². The Morgan fingerprint density at radius 3 is 1.63 bits per heavy atom. The zero-order valence-corrected chi connectivity index (χ0v) is 21.2. The maximum Gasteiger partial charge on any atom is 0.246 e. The molecule has 10 heteroatoms. The van der Waals surface area contributed by atoms with E-state index in [0.717, 1.165) is 0 Å². The van der Waals surface area contributed by atoms with E-state index in [1.807, 2.05) is 0 Å². The molecule has 153 valence electrons. The molecular weight excluding hydrogens is 445 g/mol. The Balaban J connectivity index is 0. The quantitative estimate of drug-likeness (QED) is 0.359. The smallest absolute Gasteiger partial charge is 0.246 e. The van der Waals surface area contributed by atoms with Crippen molar-refractivity contribution in [1.82, 2.24) is 19.6 Å². The molecule has 0 aliphatic rings. The van der Waals surface area contributed by atoms with Crippen LogP contribution in [0.15, 0.2) is 0 Å². The summed E-state index contributed by atoms with van der Waals surface area (Å²) in [5.74, 6) is -0.860. The van der Waals surface area contributed by atoms with Gasteiger partial charge in [0.05, 0.1) is 6.04 Å². The zero-order chi connectivity index (χ0) is 20.8. The first-order chi connectivity index (χ1) is 11.9. The summed E-state index contributed by atoms with van der Waals surface area (Å²) >= 11 is 4.21. The van der Waals surface area contributed by atoms with Crippen LogP contribution in [0.2, 0.25) is 0 Å². The Kier molecular flexibility index (Phi) is 13.7. The topological polar surface area (TPSA) is 81.2 Å². The Hall–Kier alpha value is -0.506. The molecule has 0 fully saturated rings. The number of rotatable bonds is 9. The Bertz CT molecular complexity index is 535. The second kappa shape index (κ2) is 12.9. The van der Waals surface area contributed by atoms with E-state index in [9.17, 15) is 19.2 Å². The molecule has 4 unspecified atom stereocenters. The third kappa shape index (κ3) is 7.44. The van der Waals surface area contributed by atoms with Crippen molar-refractivity contribution in [2.75, 3.05) is 41.0 Å². The summed E-state index contributed by atoms with van der Waals surface area (Å²) in [5.41, 5.74) is 0. The third-order valence-corrected chi connectivity index (χ3v) is 5.14.